The Morgan fingerprint density at radius 1 is 1.38 bits per heavy atom. The maximum absolute atomic E-state index is 12.2. The zero-order valence-corrected chi connectivity index (χ0v) is 14.7. The molecule has 1 aromatic carbocycles. The van der Waals surface area contributed by atoms with E-state index in [9.17, 15) is 14.9 Å². The first kappa shape index (κ1) is 16.7. The molecule has 8 nitrogen and oxygen atoms in total. The Morgan fingerprint density at radius 3 is 2.92 bits per heavy atom. The number of nitro benzene ring substituents is 1. The van der Waals surface area contributed by atoms with E-state index in [1.165, 1.54) is 16.8 Å². The van der Waals surface area contributed by atoms with Gasteiger partial charge in [0.25, 0.3) is 5.69 Å². The van der Waals surface area contributed by atoms with Crippen LogP contribution in [0.2, 0.25) is 0 Å². The fraction of sp³-hybridized carbons (Fsp3) is 0.467. The zero-order chi connectivity index (χ0) is 17.1. The van der Waals surface area contributed by atoms with Crippen LogP contribution in [0.4, 0.5) is 11.4 Å². The van der Waals surface area contributed by atoms with Crippen molar-refractivity contribution in [2.24, 2.45) is 0 Å². The summed E-state index contributed by atoms with van der Waals surface area (Å²) >= 11 is 3.32. The molecule has 0 unspecified atom stereocenters. The molecular weight excluding hydrogens is 378 g/mol. The van der Waals surface area contributed by atoms with Crippen LogP contribution >= 0.6 is 15.9 Å². The van der Waals surface area contributed by atoms with Gasteiger partial charge in [-0.3, -0.25) is 14.7 Å². The van der Waals surface area contributed by atoms with Gasteiger partial charge in [-0.1, -0.05) is 0 Å². The number of nitrogens with one attached hydrogen (secondary N) is 1. The molecule has 2 heterocycles. The lowest BCUT2D eigenvalue weighted by atomic mass is 10.2. The van der Waals surface area contributed by atoms with Gasteiger partial charge in [0.1, 0.15) is 5.82 Å². The van der Waals surface area contributed by atoms with Crippen molar-refractivity contribution in [3.05, 3.63) is 49.1 Å². The van der Waals surface area contributed by atoms with Crippen LogP contribution in [0.5, 0.6) is 0 Å². The largest absolute Gasteiger partial charge is 0.384 e. The van der Waals surface area contributed by atoms with Crippen molar-refractivity contribution < 1.29 is 4.92 Å². The van der Waals surface area contributed by atoms with Crippen molar-refractivity contribution in [3.63, 3.8) is 0 Å². The summed E-state index contributed by atoms with van der Waals surface area (Å²) in [6.45, 7) is 1.96. The fourth-order valence-electron chi connectivity index (χ4n) is 2.81. The summed E-state index contributed by atoms with van der Waals surface area (Å²) in [5.41, 5.74) is 0.806. The summed E-state index contributed by atoms with van der Waals surface area (Å²) < 4.78 is 3.95. The highest BCUT2D eigenvalue weighted by molar-refractivity contribution is 9.10. The summed E-state index contributed by atoms with van der Waals surface area (Å²) in [6.07, 6.45) is 3.73. The molecule has 0 saturated heterocycles. The number of fused-ring (bicyclic) bond motifs is 1. The van der Waals surface area contributed by atoms with Gasteiger partial charge in [-0.25, -0.2) is 9.48 Å². The molecule has 0 fully saturated rings. The summed E-state index contributed by atoms with van der Waals surface area (Å²) in [5, 5.41) is 18.3. The molecule has 2 aromatic rings. The summed E-state index contributed by atoms with van der Waals surface area (Å²) in [6, 6.07) is 4.60. The highest BCUT2D eigenvalue weighted by Crippen LogP contribution is 2.26. The normalized spacial score (nSPS) is 13.5. The van der Waals surface area contributed by atoms with Gasteiger partial charge in [0.15, 0.2) is 0 Å². The molecule has 0 spiro atoms. The molecule has 0 saturated carbocycles. The molecule has 128 valence electrons. The third kappa shape index (κ3) is 3.50. The topological polar surface area (TPSA) is 95.0 Å². The maximum atomic E-state index is 12.2. The molecule has 1 N–H and O–H groups in total. The van der Waals surface area contributed by atoms with Gasteiger partial charge in [-0.05, 0) is 41.3 Å². The predicted octanol–water partition coefficient (Wildman–Crippen LogP) is 2.55. The number of aromatic nitrogens is 3. The number of benzene rings is 1. The second kappa shape index (κ2) is 7.16. The molecule has 24 heavy (non-hydrogen) atoms. The van der Waals surface area contributed by atoms with Gasteiger partial charge in [-0.2, -0.15) is 5.10 Å². The summed E-state index contributed by atoms with van der Waals surface area (Å²) in [7, 11) is 0. The standard InChI is InChI=1S/C15H18BrN5O3/c16-12-10-11(21(23)24)5-6-13(12)17-7-3-9-20-15(22)19-8-2-1-4-14(19)18-20/h5-6,10,17H,1-4,7-9H2. The number of nitro groups is 1. The number of rotatable bonds is 6. The summed E-state index contributed by atoms with van der Waals surface area (Å²) in [5.74, 6) is 0.886. The number of anilines is 1. The van der Waals surface area contributed by atoms with E-state index in [2.05, 4.69) is 26.3 Å². The van der Waals surface area contributed by atoms with E-state index in [-0.39, 0.29) is 11.4 Å². The number of non-ortho nitro benzene ring substituents is 1. The minimum Gasteiger partial charge on any atom is -0.384 e. The molecule has 1 aliphatic rings. The average Bonchev–Trinajstić information content (AvgIpc) is 2.89. The number of hydrogen-bond acceptors (Lipinski definition) is 5. The third-order valence-corrected chi connectivity index (χ3v) is 4.71. The van der Waals surface area contributed by atoms with Gasteiger partial charge in [-0.15, -0.1) is 0 Å². The van der Waals surface area contributed by atoms with E-state index < -0.39 is 4.92 Å². The van der Waals surface area contributed by atoms with Gasteiger partial charge < -0.3 is 5.32 Å². The monoisotopic (exact) mass is 395 g/mol. The molecular formula is C15H18BrN5O3. The zero-order valence-electron chi connectivity index (χ0n) is 13.1. The minimum absolute atomic E-state index is 0.0267. The van der Waals surface area contributed by atoms with Crippen LogP contribution in [0.3, 0.4) is 0 Å². The van der Waals surface area contributed by atoms with Crippen molar-refractivity contribution in [1.82, 2.24) is 14.3 Å². The first-order valence-electron chi connectivity index (χ1n) is 7.90. The molecule has 3 rings (SSSR count). The molecule has 0 bridgehead atoms. The van der Waals surface area contributed by atoms with Crippen LogP contribution in [0.1, 0.15) is 25.1 Å². The van der Waals surface area contributed by atoms with E-state index >= 15 is 0 Å². The molecule has 9 heteroatoms. The quantitative estimate of drug-likeness (QED) is 0.460. The second-order valence-electron chi connectivity index (χ2n) is 5.73. The molecule has 0 amide bonds. The Balaban J connectivity index is 1.55. The first-order chi connectivity index (χ1) is 11.6. The van der Waals surface area contributed by atoms with Gasteiger partial charge >= 0.3 is 5.69 Å². The number of aryl methyl sites for hydroxylation is 2. The van der Waals surface area contributed by atoms with Crippen molar-refractivity contribution in [2.45, 2.75) is 38.8 Å². The lowest BCUT2D eigenvalue weighted by molar-refractivity contribution is -0.384. The van der Waals surface area contributed by atoms with Gasteiger partial charge in [0.2, 0.25) is 0 Å². The van der Waals surface area contributed by atoms with E-state index in [1.807, 2.05) is 0 Å². The van der Waals surface area contributed by atoms with Crippen molar-refractivity contribution in [2.75, 3.05) is 11.9 Å². The van der Waals surface area contributed by atoms with Crippen molar-refractivity contribution >= 4 is 27.3 Å². The second-order valence-corrected chi connectivity index (χ2v) is 6.59. The van der Waals surface area contributed by atoms with Crippen molar-refractivity contribution in [3.8, 4) is 0 Å². The molecule has 0 radical (unpaired) electrons. The van der Waals surface area contributed by atoms with Gasteiger partial charge in [0, 0.05) is 48.3 Å². The first-order valence-corrected chi connectivity index (χ1v) is 8.70. The smallest absolute Gasteiger partial charge is 0.345 e. The Morgan fingerprint density at radius 2 is 2.21 bits per heavy atom. The number of nitrogens with zero attached hydrogens (tertiary/aromatic N) is 4. The van der Waals surface area contributed by atoms with Crippen LogP contribution in [-0.2, 0) is 19.5 Å². The lowest BCUT2D eigenvalue weighted by Gasteiger charge is -2.09. The van der Waals surface area contributed by atoms with Crippen LogP contribution in [0.15, 0.2) is 27.5 Å². The Kier molecular flexibility index (Phi) is 4.98. The number of hydrogen-bond donors (Lipinski definition) is 1. The Labute approximate surface area is 146 Å². The highest BCUT2D eigenvalue weighted by Gasteiger charge is 2.16. The summed E-state index contributed by atoms with van der Waals surface area (Å²) in [4.78, 5) is 22.5. The van der Waals surface area contributed by atoms with E-state index in [1.54, 1.807) is 10.6 Å². The highest BCUT2D eigenvalue weighted by atomic mass is 79.9. The van der Waals surface area contributed by atoms with Crippen molar-refractivity contribution in [1.29, 1.82) is 0 Å². The van der Waals surface area contributed by atoms with E-state index in [0.29, 0.717) is 17.6 Å². The minimum atomic E-state index is -0.429. The Hall–Kier alpha value is -2.16. The Bertz CT molecular complexity index is 814. The van der Waals surface area contributed by atoms with Crippen LogP contribution in [0.25, 0.3) is 0 Å². The van der Waals surface area contributed by atoms with Crippen LogP contribution in [0, 0.1) is 10.1 Å². The maximum Gasteiger partial charge on any atom is 0.345 e. The molecule has 1 aromatic heterocycles. The van der Waals surface area contributed by atoms with Crippen LogP contribution in [-0.4, -0.2) is 25.8 Å². The van der Waals surface area contributed by atoms with E-state index in [0.717, 1.165) is 43.7 Å². The predicted molar refractivity (Wildman–Crippen MR) is 93.3 cm³/mol. The lowest BCUT2D eigenvalue weighted by Crippen LogP contribution is -2.27. The SMILES string of the molecule is O=c1n(CCCNc2ccc([N+](=O)[O-])cc2Br)nc2n1CCCC2. The van der Waals surface area contributed by atoms with E-state index in [4.69, 9.17) is 0 Å². The number of halogens is 1. The van der Waals surface area contributed by atoms with Gasteiger partial charge in [0.05, 0.1) is 4.92 Å². The average molecular weight is 396 g/mol. The molecule has 0 atom stereocenters. The molecule has 0 aliphatic carbocycles. The van der Waals surface area contributed by atoms with Crippen LogP contribution < -0.4 is 11.0 Å². The third-order valence-electron chi connectivity index (χ3n) is 4.06. The molecule has 1 aliphatic heterocycles. The fourth-order valence-corrected chi connectivity index (χ4v) is 3.31.